The van der Waals surface area contributed by atoms with Gasteiger partial charge in [0.15, 0.2) is 17.4 Å². The number of nitrogens with one attached hydrogen (secondary N) is 2. The van der Waals surface area contributed by atoms with E-state index >= 15 is 0 Å². The van der Waals surface area contributed by atoms with Crippen LogP contribution in [0.3, 0.4) is 0 Å². The van der Waals surface area contributed by atoms with E-state index in [1.807, 2.05) is 24.3 Å². The zero-order valence-electron chi connectivity index (χ0n) is 27.1. The lowest BCUT2D eigenvalue weighted by Gasteiger charge is -2.36. The second-order valence-corrected chi connectivity index (χ2v) is 11.4. The molecular formula is C36H37F2N7O4. The number of hydrogen-bond acceptors (Lipinski definition) is 10. The number of nitrogens with zero attached hydrogens (tertiary/aromatic N) is 5. The summed E-state index contributed by atoms with van der Waals surface area (Å²) in [6.45, 7) is 12.0. The minimum atomic E-state index is -0.665. The van der Waals surface area contributed by atoms with Crippen molar-refractivity contribution in [3.8, 4) is 17.2 Å². The number of carbonyl (C=O) groups is 1. The summed E-state index contributed by atoms with van der Waals surface area (Å²) in [7, 11) is 1.59. The van der Waals surface area contributed by atoms with Gasteiger partial charge in [0.25, 0.3) is 0 Å². The van der Waals surface area contributed by atoms with Crippen molar-refractivity contribution in [3.05, 3.63) is 109 Å². The molecule has 2 N–H and O–H groups in total. The number of anilines is 5. The number of aromatic nitrogens is 2. The highest BCUT2D eigenvalue weighted by Crippen LogP contribution is 2.40. The molecule has 2 fully saturated rings. The lowest BCUT2D eigenvalue weighted by Crippen LogP contribution is -2.46. The Hall–Kier alpha value is -5.53. The van der Waals surface area contributed by atoms with Crippen LogP contribution in [0.2, 0.25) is 0 Å². The topological polar surface area (TPSA) is 104 Å². The molecule has 3 heterocycles. The Morgan fingerprint density at radius 2 is 1.86 bits per heavy atom. The SMILES string of the molecule is C=CCN1CCN(c2cc(OC)c(Nc3cc(N4OCCC4c4cccc(Oc5cc(F)ccc5F)c4)ncn3)cc2NC(=O)C=C)CC1. The number of piperazine rings is 1. The van der Waals surface area contributed by atoms with Gasteiger partial charge < -0.3 is 25.0 Å². The molecule has 3 aromatic carbocycles. The molecule has 0 saturated carbocycles. The predicted molar refractivity (Wildman–Crippen MR) is 185 cm³/mol. The van der Waals surface area contributed by atoms with Gasteiger partial charge in [0.1, 0.15) is 29.5 Å². The molecule has 2 saturated heterocycles. The van der Waals surface area contributed by atoms with Gasteiger partial charge in [-0.05, 0) is 42.0 Å². The first-order valence-corrected chi connectivity index (χ1v) is 15.8. The van der Waals surface area contributed by atoms with Crippen LogP contribution in [0.25, 0.3) is 0 Å². The van der Waals surface area contributed by atoms with Gasteiger partial charge in [0, 0.05) is 57.3 Å². The monoisotopic (exact) mass is 669 g/mol. The third kappa shape index (κ3) is 7.79. The zero-order chi connectivity index (χ0) is 34.3. The largest absolute Gasteiger partial charge is 0.494 e. The molecule has 2 aliphatic rings. The number of benzene rings is 3. The average Bonchev–Trinajstić information content (AvgIpc) is 3.61. The van der Waals surface area contributed by atoms with Crippen LogP contribution in [0.5, 0.6) is 17.2 Å². The molecule has 0 spiro atoms. The maximum atomic E-state index is 14.2. The van der Waals surface area contributed by atoms with Crippen LogP contribution in [0.15, 0.2) is 92.3 Å². The van der Waals surface area contributed by atoms with E-state index in [1.165, 1.54) is 12.4 Å². The second-order valence-electron chi connectivity index (χ2n) is 11.4. The molecule has 1 atom stereocenters. The molecule has 1 aromatic heterocycles. The zero-order valence-corrected chi connectivity index (χ0v) is 27.1. The number of halogens is 2. The van der Waals surface area contributed by atoms with E-state index in [2.05, 4.69) is 43.6 Å². The first-order chi connectivity index (χ1) is 23.8. The van der Waals surface area contributed by atoms with Crippen molar-refractivity contribution in [2.45, 2.75) is 12.5 Å². The molecular weight excluding hydrogens is 632 g/mol. The van der Waals surface area contributed by atoms with Gasteiger partial charge in [-0.25, -0.2) is 23.8 Å². The summed E-state index contributed by atoms with van der Waals surface area (Å²) in [4.78, 5) is 31.9. The average molecular weight is 670 g/mol. The van der Waals surface area contributed by atoms with Crippen LogP contribution in [-0.4, -0.2) is 67.2 Å². The van der Waals surface area contributed by atoms with Gasteiger partial charge in [-0.1, -0.05) is 24.8 Å². The molecule has 1 unspecified atom stereocenters. The van der Waals surface area contributed by atoms with Gasteiger partial charge in [-0.2, -0.15) is 0 Å². The number of hydroxylamine groups is 1. The predicted octanol–water partition coefficient (Wildman–Crippen LogP) is 6.61. The summed E-state index contributed by atoms with van der Waals surface area (Å²) in [5, 5.41) is 7.95. The molecule has 0 bridgehead atoms. The van der Waals surface area contributed by atoms with Crippen LogP contribution in [0.4, 0.5) is 37.5 Å². The number of ether oxygens (including phenoxy) is 2. The van der Waals surface area contributed by atoms with E-state index in [9.17, 15) is 13.6 Å². The molecule has 1 amide bonds. The highest BCUT2D eigenvalue weighted by Gasteiger charge is 2.30. The fraction of sp³-hybridized carbons (Fsp3) is 0.250. The second kappa shape index (κ2) is 15.1. The van der Waals surface area contributed by atoms with E-state index in [1.54, 1.807) is 36.4 Å². The Balaban J connectivity index is 1.24. The highest BCUT2D eigenvalue weighted by atomic mass is 19.1. The quantitative estimate of drug-likeness (QED) is 0.126. The Kier molecular flexibility index (Phi) is 10.3. The minimum absolute atomic E-state index is 0.204. The van der Waals surface area contributed by atoms with E-state index < -0.39 is 11.6 Å². The van der Waals surface area contributed by atoms with Crippen LogP contribution >= 0.6 is 0 Å². The number of hydrogen-bond donors (Lipinski definition) is 2. The van der Waals surface area contributed by atoms with Crippen molar-refractivity contribution in [1.29, 1.82) is 0 Å². The smallest absolute Gasteiger partial charge is 0.247 e. The maximum absolute atomic E-state index is 14.2. The molecule has 254 valence electrons. The summed E-state index contributed by atoms with van der Waals surface area (Å²) >= 11 is 0. The number of amides is 1. The van der Waals surface area contributed by atoms with Gasteiger partial charge >= 0.3 is 0 Å². The lowest BCUT2D eigenvalue weighted by atomic mass is 10.0. The summed E-state index contributed by atoms with van der Waals surface area (Å²) in [5.74, 6) is 0.0699. The minimum Gasteiger partial charge on any atom is -0.494 e. The molecule has 2 aliphatic heterocycles. The van der Waals surface area contributed by atoms with Crippen molar-refractivity contribution in [3.63, 3.8) is 0 Å². The van der Waals surface area contributed by atoms with Crippen molar-refractivity contribution in [2.24, 2.45) is 0 Å². The summed E-state index contributed by atoms with van der Waals surface area (Å²) in [6.07, 6.45) is 5.20. The van der Waals surface area contributed by atoms with E-state index in [0.717, 1.165) is 62.2 Å². The van der Waals surface area contributed by atoms with Gasteiger partial charge in [0.05, 0.1) is 36.8 Å². The van der Waals surface area contributed by atoms with Crippen LogP contribution in [-0.2, 0) is 9.63 Å². The first-order valence-electron chi connectivity index (χ1n) is 15.8. The normalized spacial score (nSPS) is 16.3. The standard InChI is InChI=1S/C36H37F2N7O4/c1-4-12-43-13-15-44(16-14-43)31-21-33(47-3)29(20-28(31)42-36(46)5-2)41-34-22-35(40-23-39-34)45-30(11-17-48-45)24-7-6-8-26(18-24)49-32-19-25(37)9-10-27(32)38/h4-10,18-23,30H,1-2,11-17H2,3H3,(H,42,46)(H,39,40,41). The number of carbonyl (C=O) groups excluding carboxylic acids is 1. The maximum Gasteiger partial charge on any atom is 0.247 e. The first kappa shape index (κ1) is 33.4. The number of rotatable bonds is 12. The molecule has 0 aliphatic carbocycles. The molecule has 4 aromatic rings. The Bertz CT molecular complexity index is 1830. The van der Waals surface area contributed by atoms with Crippen LogP contribution in [0.1, 0.15) is 18.0 Å². The molecule has 6 rings (SSSR count). The summed E-state index contributed by atoms with van der Waals surface area (Å²) < 4.78 is 39.4. The summed E-state index contributed by atoms with van der Waals surface area (Å²) in [6, 6.07) is 15.4. The van der Waals surface area contributed by atoms with E-state index in [4.69, 9.17) is 14.3 Å². The van der Waals surface area contributed by atoms with Crippen molar-refractivity contribution < 1.29 is 27.9 Å². The van der Waals surface area contributed by atoms with Crippen LogP contribution < -0.4 is 30.1 Å². The van der Waals surface area contributed by atoms with Gasteiger partial charge in [-0.3, -0.25) is 14.5 Å². The summed E-state index contributed by atoms with van der Waals surface area (Å²) in [5.41, 5.74) is 2.85. The lowest BCUT2D eigenvalue weighted by molar-refractivity contribution is -0.111. The van der Waals surface area contributed by atoms with Crippen molar-refractivity contribution in [2.75, 3.05) is 67.0 Å². The van der Waals surface area contributed by atoms with Gasteiger partial charge in [0.2, 0.25) is 5.91 Å². The van der Waals surface area contributed by atoms with E-state index in [0.29, 0.717) is 47.5 Å². The molecule has 13 heteroatoms. The van der Waals surface area contributed by atoms with Crippen molar-refractivity contribution >= 4 is 34.6 Å². The Labute approximate surface area is 283 Å². The van der Waals surface area contributed by atoms with Crippen molar-refractivity contribution in [1.82, 2.24) is 14.9 Å². The highest BCUT2D eigenvalue weighted by molar-refractivity contribution is 6.02. The Morgan fingerprint density at radius 3 is 2.63 bits per heavy atom. The van der Waals surface area contributed by atoms with E-state index in [-0.39, 0.29) is 17.7 Å². The number of methoxy groups -OCH3 is 1. The molecule has 0 radical (unpaired) electrons. The Morgan fingerprint density at radius 1 is 1.02 bits per heavy atom. The fourth-order valence-electron chi connectivity index (χ4n) is 5.87. The molecule has 11 nitrogen and oxygen atoms in total. The van der Waals surface area contributed by atoms with Gasteiger partial charge in [-0.15, -0.1) is 6.58 Å². The third-order valence-electron chi connectivity index (χ3n) is 8.27. The van der Waals surface area contributed by atoms with Crippen LogP contribution in [0, 0.1) is 11.6 Å². The fourth-order valence-corrected chi connectivity index (χ4v) is 5.87. The molecule has 49 heavy (non-hydrogen) atoms. The third-order valence-corrected chi connectivity index (χ3v) is 8.27.